The van der Waals surface area contributed by atoms with E-state index in [9.17, 15) is 4.79 Å². The number of hydrogen-bond acceptors (Lipinski definition) is 4. The molecule has 0 aliphatic carbocycles. The van der Waals surface area contributed by atoms with Crippen LogP contribution in [0.15, 0.2) is 11.5 Å². The third-order valence-electron chi connectivity index (χ3n) is 1.05. The molecule has 0 saturated heterocycles. The minimum absolute atomic E-state index is 0.280. The van der Waals surface area contributed by atoms with E-state index in [2.05, 4.69) is 4.74 Å². The van der Waals surface area contributed by atoms with E-state index in [-0.39, 0.29) is 5.97 Å². The van der Waals surface area contributed by atoms with Crippen LogP contribution in [-0.2, 0) is 9.53 Å². The van der Waals surface area contributed by atoms with Gasteiger partial charge in [0.05, 0.1) is 6.61 Å². The average molecular weight is 189 g/mol. The van der Waals surface area contributed by atoms with E-state index in [1.165, 1.54) is 6.08 Å². The summed E-state index contributed by atoms with van der Waals surface area (Å²) in [6, 6.07) is 0. The van der Waals surface area contributed by atoms with Crippen molar-refractivity contribution in [2.24, 2.45) is 5.73 Å². The van der Waals surface area contributed by atoms with E-state index in [1.807, 2.05) is 0 Å². The first-order valence-corrected chi connectivity index (χ1v) is 5.01. The highest BCUT2D eigenvalue weighted by molar-refractivity contribution is 8.02. The lowest BCUT2D eigenvalue weighted by Gasteiger charge is -1.94. The summed E-state index contributed by atoms with van der Waals surface area (Å²) in [5, 5.41) is 1.74. The summed E-state index contributed by atoms with van der Waals surface area (Å²) >= 11 is 1.57. The van der Waals surface area contributed by atoms with Crippen LogP contribution in [0.4, 0.5) is 0 Å². The SMILES string of the molecule is CCOC(=O)/C=C/SCCCN. The number of carbonyl (C=O) groups excluding carboxylic acids is 1. The van der Waals surface area contributed by atoms with Crippen LogP contribution >= 0.6 is 11.8 Å². The molecule has 12 heavy (non-hydrogen) atoms. The van der Waals surface area contributed by atoms with Gasteiger partial charge in [-0.15, -0.1) is 11.8 Å². The molecule has 0 amide bonds. The Bertz CT molecular complexity index is 148. The van der Waals surface area contributed by atoms with Gasteiger partial charge < -0.3 is 10.5 Å². The van der Waals surface area contributed by atoms with Gasteiger partial charge in [-0.2, -0.15) is 0 Å². The van der Waals surface area contributed by atoms with Gasteiger partial charge in [0.15, 0.2) is 0 Å². The Morgan fingerprint density at radius 3 is 3.00 bits per heavy atom. The molecule has 4 heteroatoms. The van der Waals surface area contributed by atoms with Crippen LogP contribution in [0.25, 0.3) is 0 Å². The van der Waals surface area contributed by atoms with Gasteiger partial charge in [0, 0.05) is 6.08 Å². The minimum atomic E-state index is -0.280. The minimum Gasteiger partial charge on any atom is -0.463 e. The summed E-state index contributed by atoms with van der Waals surface area (Å²) in [4.78, 5) is 10.7. The molecule has 0 rings (SSSR count). The molecule has 0 fully saturated rings. The van der Waals surface area contributed by atoms with Gasteiger partial charge >= 0.3 is 5.97 Å². The highest BCUT2D eigenvalue weighted by Gasteiger charge is 1.91. The molecule has 0 unspecified atom stereocenters. The molecule has 0 aromatic rings. The highest BCUT2D eigenvalue weighted by Crippen LogP contribution is 2.03. The molecule has 3 nitrogen and oxygen atoms in total. The number of thioether (sulfide) groups is 1. The smallest absolute Gasteiger partial charge is 0.331 e. The largest absolute Gasteiger partial charge is 0.463 e. The molecular formula is C8H15NO2S. The Hall–Kier alpha value is -0.480. The zero-order valence-electron chi connectivity index (χ0n) is 7.29. The summed E-state index contributed by atoms with van der Waals surface area (Å²) in [7, 11) is 0. The zero-order chi connectivity index (χ0) is 9.23. The van der Waals surface area contributed by atoms with Crippen molar-refractivity contribution < 1.29 is 9.53 Å². The molecule has 0 aliphatic heterocycles. The van der Waals surface area contributed by atoms with Crippen molar-refractivity contribution in [3.63, 3.8) is 0 Å². The standard InChI is InChI=1S/C8H15NO2S/c1-2-11-8(10)4-7-12-6-3-5-9/h4,7H,2-3,5-6,9H2,1H3/b7-4+. The van der Waals surface area contributed by atoms with Crippen molar-refractivity contribution in [3.05, 3.63) is 11.5 Å². The predicted octanol–water partition coefficient (Wildman–Crippen LogP) is 1.15. The van der Waals surface area contributed by atoms with E-state index < -0.39 is 0 Å². The lowest BCUT2D eigenvalue weighted by molar-refractivity contribution is -0.137. The van der Waals surface area contributed by atoms with Crippen molar-refractivity contribution in [3.8, 4) is 0 Å². The van der Waals surface area contributed by atoms with Crippen LogP contribution in [0.1, 0.15) is 13.3 Å². The first kappa shape index (κ1) is 11.5. The Balaban J connectivity index is 3.29. The fourth-order valence-corrected chi connectivity index (χ4v) is 1.21. The van der Waals surface area contributed by atoms with Crippen molar-refractivity contribution in [2.45, 2.75) is 13.3 Å². The third kappa shape index (κ3) is 7.63. The van der Waals surface area contributed by atoms with Gasteiger partial charge in [-0.25, -0.2) is 4.79 Å². The van der Waals surface area contributed by atoms with Crippen LogP contribution < -0.4 is 5.73 Å². The molecular weight excluding hydrogens is 174 g/mol. The summed E-state index contributed by atoms with van der Waals surface area (Å²) in [6.07, 6.45) is 2.41. The first-order valence-electron chi connectivity index (χ1n) is 3.96. The van der Waals surface area contributed by atoms with Crippen LogP contribution in [0.5, 0.6) is 0 Å². The fraction of sp³-hybridized carbons (Fsp3) is 0.625. The van der Waals surface area contributed by atoms with E-state index in [0.29, 0.717) is 13.2 Å². The van der Waals surface area contributed by atoms with Gasteiger partial charge in [-0.05, 0) is 31.1 Å². The van der Waals surface area contributed by atoms with Crippen molar-refractivity contribution in [2.75, 3.05) is 18.9 Å². The molecule has 0 heterocycles. The molecule has 0 bridgehead atoms. The average Bonchev–Trinajstić information content (AvgIpc) is 2.05. The Morgan fingerprint density at radius 1 is 1.67 bits per heavy atom. The van der Waals surface area contributed by atoms with E-state index >= 15 is 0 Å². The molecule has 0 spiro atoms. The van der Waals surface area contributed by atoms with Gasteiger partial charge in [0.1, 0.15) is 0 Å². The second-order valence-electron chi connectivity index (χ2n) is 2.07. The van der Waals surface area contributed by atoms with E-state index in [1.54, 1.807) is 24.1 Å². The molecule has 0 aromatic carbocycles. The molecule has 0 atom stereocenters. The zero-order valence-corrected chi connectivity index (χ0v) is 8.10. The maximum absolute atomic E-state index is 10.7. The summed E-state index contributed by atoms with van der Waals surface area (Å²) in [5.74, 6) is 0.671. The molecule has 0 aliphatic rings. The van der Waals surface area contributed by atoms with Gasteiger partial charge in [0.2, 0.25) is 0 Å². The first-order chi connectivity index (χ1) is 5.81. The second kappa shape index (κ2) is 8.62. The lowest BCUT2D eigenvalue weighted by atomic mass is 10.5. The quantitative estimate of drug-likeness (QED) is 0.387. The Kier molecular flexibility index (Phi) is 8.27. The van der Waals surface area contributed by atoms with Crippen LogP contribution in [0, 0.1) is 0 Å². The summed E-state index contributed by atoms with van der Waals surface area (Å²) in [5.41, 5.74) is 5.29. The summed E-state index contributed by atoms with van der Waals surface area (Å²) < 4.78 is 4.68. The van der Waals surface area contributed by atoms with Crippen LogP contribution in [0.3, 0.4) is 0 Å². The number of rotatable bonds is 6. The number of hydrogen-bond donors (Lipinski definition) is 1. The molecule has 70 valence electrons. The van der Waals surface area contributed by atoms with Gasteiger partial charge in [0.25, 0.3) is 0 Å². The lowest BCUT2D eigenvalue weighted by Crippen LogP contribution is -1.99. The number of carbonyl (C=O) groups is 1. The van der Waals surface area contributed by atoms with Crippen molar-refractivity contribution in [1.82, 2.24) is 0 Å². The van der Waals surface area contributed by atoms with Crippen LogP contribution in [-0.4, -0.2) is 24.9 Å². The summed E-state index contributed by atoms with van der Waals surface area (Å²) in [6.45, 7) is 2.91. The van der Waals surface area contributed by atoms with Gasteiger partial charge in [-0.3, -0.25) is 0 Å². The highest BCUT2D eigenvalue weighted by atomic mass is 32.2. The molecule has 0 radical (unpaired) electrons. The normalized spacial score (nSPS) is 10.5. The van der Waals surface area contributed by atoms with Crippen LogP contribution in [0.2, 0.25) is 0 Å². The van der Waals surface area contributed by atoms with Gasteiger partial charge in [-0.1, -0.05) is 0 Å². The molecule has 0 saturated carbocycles. The maximum Gasteiger partial charge on any atom is 0.331 e. The Morgan fingerprint density at radius 2 is 2.42 bits per heavy atom. The topological polar surface area (TPSA) is 52.3 Å². The van der Waals surface area contributed by atoms with E-state index in [4.69, 9.17) is 5.73 Å². The molecule has 0 aromatic heterocycles. The fourth-order valence-electron chi connectivity index (χ4n) is 0.529. The number of ether oxygens (including phenoxy) is 1. The van der Waals surface area contributed by atoms with Crippen molar-refractivity contribution >= 4 is 17.7 Å². The second-order valence-corrected chi connectivity index (χ2v) is 3.08. The number of nitrogens with two attached hydrogens (primary N) is 1. The maximum atomic E-state index is 10.7. The number of esters is 1. The Labute approximate surface area is 77.3 Å². The molecule has 2 N–H and O–H groups in total. The monoisotopic (exact) mass is 189 g/mol. The van der Waals surface area contributed by atoms with Crippen molar-refractivity contribution in [1.29, 1.82) is 0 Å². The third-order valence-corrected chi connectivity index (χ3v) is 1.91. The predicted molar refractivity (Wildman–Crippen MR) is 51.9 cm³/mol. The van der Waals surface area contributed by atoms with E-state index in [0.717, 1.165) is 12.2 Å².